The number of H-pyrrole nitrogens is 1. The average Bonchev–Trinajstić information content (AvgIpc) is 2.52. The first-order valence-electron chi connectivity index (χ1n) is 8.38. The Labute approximate surface area is 148 Å². The van der Waals surface area contributed by atoms with E-state index < -0.39 is 13.9 Å². The Morgan fingerprint density at radius 1 is 1.00 bits per heavy atom. The third kappa shape index (κ3) is 3.43. The van der Waals surface area contributed by atoms with Gasteiger partial charge < -0.3 is 9.41 Å². The minimum atomic E-state index is -1.88. The molecule has 0 saturated heterocycles. The van der Waals surface area contributed by atoms with Crippen molar-refractivity contribution in [3.63, 3.8) is 0 Å². The van der Waals surface area contributed by atoms with Gasteiger partial charge in [-0.3, -0.25) is 9.59 Å². The van der Waals surface area contributed by atoms with Gasteiger partial charge in [0.25, 0.3) is 0 Å². The summed E-state index contributed by atoms with van der Waals surface area (Å²) in [7, 11) is -1.88. The predicted molar refractivity (Wildman–Crippen MR) is 105 cm³/mol. The molecule has 25 heavy (non-hydrogen) atoms. The lowest BCUT2D eigenvalue weighted by Gasteiger charge is -2.31. The van der Waals surface area contributed by atoms with E-state index in [1.807, 2.05) is 18.2 Å². The van der Waals surface area contributed by atoms with Crippen molar-refractivity contribution in [1.82, 2.24) is 4.98 Å². The summed E-state index contributed by atoms with van der Waals surface area (Å²) in [5.41, 5.74) is 1.03. The number of hydrogen-bond acceptors (Lipinski definition) is 3. The van der Waals surface area contributed by atoms with Crippen molar-refractivity contribution >= 4 is 35.9 Å². The van der Waals surface area contributed by atoms with Gasteiger partial charge in [-0.15, -0.1) is 0 Å². The Bertz CT molecular complexity index is 1030. The summed E-state index contributed by atoms with van der Waals surface area (Å²) < 4.78 is 6.06. The van der Waals surface area contributed by atoms with Gasteiger partial charge in [0, 0.05) is 27.4 Å². The largest absolute Gasteiger partial charge is 0.405 e. The molecule has 0 spiro atoms. The Morgan fingerprint density at radius 3 is 2.32 bits per heavy atom. The number of fused-ring (bicyclic) bond motifs is 2. The second kappa shape index (κ2) is 5.93. The number of aromatic amines is 1. The SMILES string of the molecule is CC(C)(O[Si](C)(C)C)C(=O)c1ccc2[nH]c3ccccc3c(=O)c2c1. The molecule has 0 aliphatic carbocycles. The molecular formula is C20H23NO3Si. The fourth-order valence-corrected chi connectivity index (χ4v) is 4.85. The Hall–Kier alpha value is -2.24. The summed E-state index contributed by atoms with van der Waals surface area (Å²) in [4.78, 5) is 29.0. The fourth-order valence-electron chi connectivity index (χ4n) is 3.22. The Morgan fingerprint density at radius 2 is 1.64 bits per heavy atom. The molecule has 1 N–H and O–H groups in total. The van der Waals surface area contributed by atoms with Gasteiger partial charge in [-0.25, -0.2) is 0 Å². The molecule has 0 atom stereocenters. The van der Waals surface area contributed by atoms with Crippen LogP contribution in [-0.4, -0.2) is 24.7 Å². The van der Waals surface area contributed by atoms with E-state index in [0.717, 1.165) is 11.0 Å². The van der Waals surface area contributed by atoms with E-state index in [2.05, 4.69) is 24.6 Å². The van der Waals surface area contributed by atoms with Crippen molar-refractivity contribution in [2.45, 2.75) is 39.1 Å². The van der Waals surface area contributed by atoms with Gasteiger partial charge >= 0.3 is 0 Å². The first kappa shape index (κ1) is 17.6. The van der Waals surface area contributed by atoms with Crippen LogP contribution in [0.1, 0.15) is 24.2 Å². The number of aromatic nitrogens is 1. The first-order valence-corrected chi connectivity index (χ1v) is 11.8. The van der Waals surface area contributed by atoms with Crippen molar-refractivity contribution in [2.75, 3.05) is 0 Å². The number of benzene rings is 2. The van der Waals surface area contributed by atoms with E-state index in [4.69, 9.17) is 4.43 Å². The summed E-state index contributed by atoms with van der Waals surface area (Å²) in [6, 6.07) is 12.6. The molecule has 0 radical (unpaired) electrons. The first-order chi connectivity index (χ1) is 11.6. The molecule has 3 aromatic rings. The molecule has 4 nitrogen and oxygen atoms in total. The van der Waals surface area contributed by atoms with Crippen molar-refractivity contribution in [3.05, 3.63) is 58.3 Å². The van der Waals surface area contributed by atoms with E-state index in [1.54, 1.807) is 38.1 Å². The number of rotatable bonds is 4. The number of Topliss-reactive ketones (excluding diaryl/α,β-unsaturated/α-hetero) is 1. The van der Waals surface area contributed by atoms with Crippen LogP contribution in [-0.2, 0) is 4.43 Å². The monoisotopic (exact) mass is 353 g/mol. The standard InChI is InChI=1S/C20H23NO3Si/c1-20(2,24-25(3,4)5)19(23)13-10-11-17-15(12-13)18(22)14-8-6-7-9-16(14)21-17/h6-12H,1-5H3,(H,21,22). The van der Waals surface area contributed by atoms with Crippen LogP contribution < -0.4 is 5.43 Å². The van der Waals surface area contributed by atoms with Crippen molar-refractivity contribution in [3.8, 4) is 0 Å². The zero-order valence-electron chi connectivity index (χ0n) is 15.3. The van der Waals surface area contributed by atoms with Crippen LogP contribution in [0.15, 0.2) is 47.3 Å². The van der Waals surface area contributed by atoms with E-state index in [1.165, 1.54) is 0 Å². The van der Waals surface area contributed by atoms with Gasteiger partial charge in [0.05, 0.1) is 0 Å². The Kier molecular flexibility index (Phi) is 4.17. The van der Waals surface area contributed by atoms with Gasteiger partial charge in [0.15, 0.2) is 19.5 Å². The highest BCUT2D eigenvalue weighted by molar-refractivity contribution is 6.70. The quantitative estimate of drug-likeness (QED) is 0.427. The van der Waals surface area contributed by atoms with Gasteiger partial charge in [-0.1, -0.05) is 12.1 Å². The zero-order valence-corrected chi connectivity index (χ0v) is 16.3. The van der Waals surface area contributed by atoms with Gasteiger partial charge in [0.2, 0.25) is 0 Å². The number of pyridine rings is 1. The van der Waals surface area contributed by atoms with E-state index in [0.29, 0.717) is 16.3 Å². The van der Waals surface area contributed by atoms with Gasteiger partial charge in [-0.2, -0.15) is 0 Å². The predicted octanol–water partition coefficient (Wildman–Crippen LogP) is 4.49. The third-order valence-electron chi connectivity index (χ3n) is 4.08. The summed E-state index contributed by atoms with van der Waals surface area (Å²) in [5, 5.41) is 1.14. The highest BCUT2D eigenvalue weighted by atomic mass is 28.4. The number of nitrogens with one attached hydrogen (secondary N) is 1. The highest BCUT2D eigenvalue weighted by Gasteiger charge is 2.34. The number of carbonyl (C=O) groups is 1. The van der Waals surface area contributed by atoms with Crippen LogP contribution in [0.25, 0.3) is 21.8 Å². The number of carbonyl (C=O) groups excluding carboxylic acids is 1. The number of ketones is 1. The lowest BCUT2D eigenvalue weighted by atomic mass is 9.95. The van der Waals surface area contributed by atoms with Crippen molar-refractivity contribution in [1.29, 1.82) is 0 Å². The van der Waals surface area contributed by atoms with Gasteiger partial charge in [0.1, 0.15) is 5.60 Å². The summed E-state index contributed by atoms with van der Waals surface area (Å²) >= 11 is 0. The number of hydrogen-bond donors (Lipinski definition) is 1. The molecule has 3 rings (SSSR count). The molecule has 0 aliphatic heterocycles. The van der Waals surface area contributed by atoms with E-state index in [-0.39, 0.29) is 11.2 Å². The summed E-state index contributed by atoms with van der Waals surface area (Å²) in [6.07, 6.45) is 0. The smallest absolute Gasteiger partial charge is 0.197 e. The fraction of sp³-hybridized carbons (Fsp3) is 0.300. The molecule has 0 aliphatic rings. The van der Waals surface area contributed by atoms with Crippen LogP contribution in [0.2, 0.25) is 19.6 Å². The molecule has 130 valence electrons. The lowest BCUT2D eigenvalue weighted by molar-refractivity contribution is 0.0558. The van der Waals surface area contributed by atoms with Crippen LogP contribution in [0.4, 0.5) is 0 Å². The second-order valence-corrected chi connectivity index (χ2v) is 12.2. The Balaban J connectivity index is 2.12. The van der Waals surface area contributed by atoms with Crippen molar-refractivity contribution < 1.29 is 9.22 Å². The molecule has 0 saturated carbocycles. The van der Waals surface area contributed by atoms with Crippen LogP contribution in [0, 0.1) is 0 Å². The molecule has 1 heterocycles. The van der Waals surface area contributed by atoms with E-state index in [9.17, 15) is 9.59 Å². The van der Waals surface area contributed by atoms with E-state index >= 15 is 0 Å². The van der Waals surface area contributed by atoms with Crippen LogP contribution >= 0.6 is 0 Å². The molecule has 2 aromatic carbocycles. The molecule has 0 unspecified atom stereocenters. The molecule has 0 amide bonds. The zero-order chi connectivity index (χ0) is 18.4. The minimum Gasteiger partial charge on any atom is -0.405 e. The third-order valence-corrected chi connectivity index (χ3v) is 5.20. The van der Waals surface area contributed by atoms with Crippen molar-refractivity contribution in [2.24, 2.45) is 0 Å². The molecule has 0 fully saturated rings. The maximum absolute atomic E-state index is 12.9. The highest BCUT2D eigenvalue weighted by Crippen LogP contribution is 2.24. The van der Waals surface area contributed by atoms with Crippen LogP contribution in [0.5, 0.6) is 0 Å². The molecule has 1 aromatic heterocycles. The van der Waals surface area contributed by atoms with Gasteiger partial charge in [-0.05, 0) is 63.8 Å². The topological polar surface area (TPSA) is 59.2 Å². The number of para-hydroxylation sites is 1. The minimum absolute atomic E-state index is 0.0667. The lowest BCUT2D eigenvalue weighted by Crippen LogP contribution is -2.44. The second-order valence-electron chi connectivity index (χ2n) is 7.81. The maximum Gasteiger partial charge on any atom is 0.197 e. The average molecular weight is 353 g/mol. The molecule has 0 bridgehead atoms. The maximum atomic E-state index is 12.9. The summed E-state index contributed by atoms with van der Waals surface area (Å²) in [6.45, 7) is 9.75. The summed E-state index contributed by atoms with van der Waals surface area (Å²) in [5.74, 6) is -0.107. The molecule has 5 heteroatoms. The molecular weight excluding hydrogens is 330 g/mol. The normalized spacial score (nSPS) is 12.7. The van der Waals surface area contributed by atoms with Crippen LogP contribution in [0.3, 0.4) is 0 Å².